The largest absolute Gasteiger partial charge is 0.383 e. The van der Waals surface area contributed by atoms with E-state index in [-0.39, 0.29) is 17.4 Å². The van der Waals surface area contributed by atoms with E-state index in [1.54, 1.807) is 6.07 Å². The summed E-state index contributed by atoms with van der Waals surface area (Å²) < 4.78 is 21.7. The summed E-state index contributed by atoms with van der Waals surface area (Å²) in [7, 11) is 0. The number of aromatic nitrogens is 3. The number of hydrogen-bond acceptors (Lipinski definition) is 4. The number of nitrogens with zero attached hydrogens (tertiary/aromatic N) is 3. The molecule has 1 saturated heterocycles. The van der Waals surface area contributed by atoms with Crippen LogP contribution in [-0.4, -0.2) is 20.6 Å². The predicted octanol–water partition coefficient (Wildman–Crippen LogP) is 3.73. The first-order valence-corrected chi connectivity index (χ1v) is 8.16. The minimum Gasteiger partial charge on any atom is -0.383 e. The lowest BCUT2D eigenvalue weighted by atomic mass is 10.1. The molecule has 2 N–H and O–H groups in total. The monoisotopic (exact) mass is 346 g/mol. The summed E-state index contributed by atoms with van der Waals surface area (Å²) in [6, 6.07) is 6.78. The lowest BCUT2D eigenvalue weighted by Gasteiger charge is -2.16. The molecule has 1 fully saturated rings. The molecule has 0 aliphatic carbocycles. The van der Waals surface area contributed by atoms with Gasteiger partial charge in [-0.05, 0) is 43.0 Å². The number of hydrogen-bond donors (Lipinski definition) is 1. The maximum atomic E-state index is 13.6. The summed E-state index contributed by atoms with van der Waals surface area (Å²) in [5.41, 5.74) is 7.52. The van der Waals surface area contributed by atoms with Crippen LogP contribution in [0.1, 0.15) is 24.6 Å². The van der Waals surface area contributed by atoms with Gasteiger partial charge in [0.2, 0.25) is 0 Å². The maximum absolute atomic E-state index is 13.6. The number of ether oxygens (including phenoxy) is 1. The Morgan fingerprint density at radius 1 is 1.29 bits per heavy atom. The molecule has 2 aromatic heterocycles. The van der Waals surface area contributed by atoms with Crippen LogP contribution in [0.25, 0.3) is 11.0 Å². The Labute approximate surface area is 143 Å². The van der Waals surface area contributed by atoms with Gasteiger partial charge in [0.05, 0.1) is 16.5 Å². The molecule has 0 saturated carbocycles. The van der Waals surface area contributed by atoms with Gasteiger partial charge in [0, 0.05) is 6.20 Å². The average molecular weight is 347 g/mol. The Morgan fingerprint density at radius 3 is 3.00 bits per heavy atom. The van der Waals surface area contributed by atoms with Gasteiger partial charge in [-0.15, -0.1) is 0 Å². The second-order valence-corrected chi connectivity index (χ2v) is 6.37. The van der Waals surface area contributed by atoms with Crippen LogP contribution in [0.3, 0.4) is 0 Å². The standard InChI is InChI=1S/C17H16ClFN4O/c18-13-3-1-10(8-14(13)19)7-11-2-4-15(24-11)23-6-5-12-16(20)21-9-22-17(12)23/h1,3,5-6,8-9,11,15H,2,4,7H2,(H2,20,21,22)/t11-,15+/m0/s1. The first-order chi connectivity index (χ1) is 11.6. The molecular formula is C17H16ClFN4O. The highest BCUT2D eigenvalue weighted by Crippen LogP contribution is 2.33. The third-order valence-electron chi connectivity index (χ3n) is 4.38. The number of nitrogen functional groups attached to an aromatic ring is 1. The van der Waals surface area contributed by atoms with Gasteiger partial charge in [-0.3, -0.25) is 0 Å². The normalized spacial score (nSPS) is 20.8. The van der Waals surface area contributed by atoms with E-state index in [0.717, 1.165) is 29.4 Å². The molecule has 3 aromatic rings. The summed E-state index contributed by atoms with van der Waals surface area (Å²) >= 11 is 5.72. The Balaban J connectivity index is 1.51. The lowest BCUT2D eigenvalue weighted by Crippen LogP contribution is -2.13. The molecule has 7 heteroatoms. The van der Waals surface area contributed by atoms with Crippen LogP contribution < -0.4 is 5.73 Å². The molecular weight excluding hydrogens is 331 g/mol. The highest BCUT2D eigenvalue weighted by atomic mass is 35.5. The van der Waals surface area contributed by atoms with E-state index in [1.807, 2.05) is 22.9 Å². The van der Waals surface area contributed by atoms with Gasteiger partial charge >= 0.3 is 0 Å². The van der Waals surface area contributed by atoms with Crippen LogP contribution in [0.4, 0.5) is 10.2 Å². The van der Waals surface area contributed by atoms with Crippen molar-refractivity contribution in [2.75, 3.05) is 5.73 Å². The van der Waals surface area contributed by atoms with Crippen molar-refractivity contribution in [1.82, 2.24) is 14.5 Å². The first kappa shape index (κ1) is 15.4. The maximum Gasteiger partial charge on any atom is 0.147 e. The van der Waals surface area contributed by atoms with Crippen molar-refractivity contribution in [2.45, 2.75) is 31.6 Å². The molecule has 0 spiro atoms. The van der Waals surface area contributed by atoms with Gasteiger partial charge in [-0.1, -0.05) is 17.7 Å². The molecule has 0 unspecified atom stereocenters. The van der Waals surface area contributed by atoms with Crippen LogP contribution >= 0.6 is 11.6 Å². The average Bonchev–Trinajstić information content (AvgIpc) is 3.18. The molecule has 5 nitrogen and oxygen atoms in total. The Hall–Kier alpha value is -2.18. The molecule has 0 radical (unpaired) electrons. The zero-order valence-electron chi connectivity index (χ0n) is 12.8. The molecule has 0 bridgehead atoms. The van der Waals surface area contributed by atoms with Crippen molar-refractivity contribution >= 4 is 28.5 Å². The number of nitrogens with two attached hydrogens (primary N) is 1. The molecule has 0 amide bonds. The summed E-state index contributed by atoms with van der Waals surface area (Å²) in [6.45, 7) is 0. The second-order valence-electron chi connectivity index (χ2n) is 5.96. The SMILES string of the molecule is Nc1ncnc2c1ccn2[C@H]1CC[C@@H](Cc2ccc(Cl)c(F)c2)O1. The Bertz CT molecular complexity index is 897. The third-order valence-corrected chi connectivity index (χ3v) is 4.69. The van der Waals surface area contributed by atoms with E-state index in [1.165, 1.54) is 12.4 Å². The van der Waals surface area contributed by atoms with Gasteiger partial charge in [0.1, 0.15) is 29.8 Å². The van der Waals surface area contributed by atoms with E-state index in [0.29, 0.717) is 12.2 Å². The van der Waals surface area contributed by atoms with Gasteiger partial charge < -0.3 is 15.0 Å². The number of anilines is 1. The van der Waals surface area contributed by atoms with Crippen LogP contribution in [0.5, 0.6) is 0 Å². The van der Waals surface area contributed by atoms with E-state index in [2.05, 4.69) is 9.97 Å². The number of rotatable bonds is 3. The molecule has 1 aliphatic heterocycles. The smallest absolute Gasteiger partial charge is 0.147 e. The quantitative estimate of drug-likeness (QED) is 0.784. The Kier molecular flexibility index (Phi) is 3.86. The summed E-state index contributed by atoms with van der Waals surface area (Å²) in [5, 5.41) is 0.962. The van der Waals surface area contributed by atoms with Gasteiger partial charge in [0.15, 0.2) is 0 Å². The first-order valence-electron chi connectivity index (χ1n) is 7.78. The molecule has 2 atom stereocenters. The molecule has 4 rings (SSSR count). The van der Waals surface area contributed by atoms with Crippen molar-refractivity contribution in [3.05, 3.63) is 53.2 Å². The Morgan fingerprint density at radius 2 is 2.17 bits per heavy atom. The predicted molar refractivity (Wildman–Crippen MR) is 90.2 cm³/mol. The topological polar surface area (TPSA) is 66.0 Å². The van der Waals surface area contributed by atoms with E-state index < -0.39 is 5.82 Å². The van der Waals surface area contributed by atoms with E-state index in [9.17, 15) is 4.39 Å². The molecule has 124 valence electrons. The van der Waals surface area contributed by atoms with Crippen molar-refractivity contribution in [3.63, 3.8) is 0 Å². The molecule has 1 aliphatic rings. The number of halogens is 2. The summed E-state index contributed by atoms with van der Waals surface area (Å²) in [5.74, 6) is 0.0669. The highest BCUT2D eigenvalue weighted by Gasteiger charge is 2.28. The van der Waals surface area contributed by atoms with Crippen LogP contribution in [-0.2, 0) is 11.2 Å². The fourth-order valence-electron chi connectivity index (χ4n) is 3.19. The van der Waals surface area contributed by atoms with Crippen molar-refractivity contribution in [1.29, 1.82) is 0 Å². The summed E-state index contributed by atoms with van der Waals surface area (Å²) in [4.78, 5) is 8.30. The molecule has 1 aromatic carbocycles. The number of fused-ring (bicyclic) bond motifs is 1. The minimum absolute atomic E-state index is 0.0345. The van der Waals surface area contributed by atoms with Crippen LogP contribution in [0, 0.1) is 5.82 Å². The van der Waals surface area contributed by atoms with Crippen molar-refractivity contribution in [3.8, 4) is 0 Å². The van der Waals surface area contributed by atoms with Crippen molar-refractivity contribution < 1.29 is 9.13 Å². The van der Waals surface area contributed by atoms with E-state index in [4.69, 9.17) is 22.1 Å². The van der Waals surface area contributed by atoms with Crippen molar-refractivity contribution in [2.24, 2.45) is 0 Å². The number of benzene rings is 1. The zero-order valence-corrected chi connectivity index (χ0v) is 13.6. The van der Waals surface area contributed by atoms with E-state index >= 15 is 0 Å². The van der Waals surface area contributed by atoms with Gasteiger partial charge in [0.25, 0.3) is 0 Å². The highest BCUT2D eigenvalue weighted by molar-refractivity contribution is 6.30. The fraction of sp³-hybridized carbons (Fsp3) is 0.294. The third kappa shape index (κ3) is 2.72. The second kappa shape index (κ2) is 6.03. The molecule has 24 heavy (non-hydrogen) atoms. The van der Waals surface area contributed by atoms with Gasteiger partial charge in [-0.25, -0.2) is 14.4 Å². The minimum atomic E-state index is -0.396. The van der Waals surface area contributed by atoms with Crippen LogP contribution in [0.2, 0.25) is 5.02 Å². The molecule has 3 heterocycles. The lowest BCUT2D eigenvalue weighted by molar-refractivity contribution is 0.00504. The zero-order chi connectivity index (χ0) is 16.7. The summed E-state index contributed by atoms with van der Waals surface area (Å²) in [6.07, 6.45) is 5.73. The van der Waals surface area contributed by atoms with Gasteiger partial charge in [-0.2, -0.15) is 0 Å². The fourth-order valence-corrected chi connectivity index (χ4v) is 3.31. The van der Waals surface area contributed by atoms with Crippen LogP contribution in [0.15, 0.2) is 36.8 Å².